The Balaban J connectivity index is 1.61. The second kappa shape index (κ2) is 8.96. The van der Waals surface area contributed by atoms with Gasteiger partial charge in [-0.2, -0.15) is 0 Å². The molecular weight excluding hydrogens is 364 g/mol. The van der Waals surface area contributed by atoms with E-state index in [1.54, 1.807) is 11.1 Å². The minimum Gasteiger partial charge on any atom is -0.0808 e. The van der Waals surface area contributed by atoms with Gasteiger partial charge in [-0.15, -0.1) is 0 Å². The van der Waals surface area contributed by atoms with Crippen molar-refractivity contribution in [2.45, 2.75) is 95.3 Å². The van der Waals surface area contributed by atoms with Gasteiger partial charge in [-0.3, -0.25) is 0 Å². The van der Waals surface area contributed by atoms with E-state index < -0.39 is 8.07 Å². The molecule has 6 atom stereocenters. The lowest BCUT2D eigenvalue weighted by atomic mass is 9.84. The van der Waals surface area contributed by atoms with Gasteiger partial charge in [0.25, 0.3) is 0 Å². The average Bonchev–Trinajstić information content (AvgIpc) is 3.30. The highest BCUT2D eigenvalue weighted by molar-refractivity contribution is 6.80. The van der Waals surface area contributed by atoms with Crippen molar-refractivity contribution in [3.63, 3.8) is 0 Å². The highest BCUT2D eigenvalue weighted by Crippen LogP contribution is 2.59. The van der Waals surface area contributed by atoms with Crippen molar-refractivity contribution in [2.75, 3.05) is 0 Å². The van der Waals surface area contributed by atoms with E-state index in [9.17, 15) is 0 Å². The Labute approximate surface area is 180 Å². The summed E-state index contributed by atoms with van der Waals surface area (Å²) in [6, 6.07) is 9.56. The summed E-state index contributed by atoms with van der Waals surface area (Å²) in [6.45, 7) is 10.2. The smallest absolute Gasteiger partial charge is 0.0589 e. The molecule has 1 heteroatoms. The molecule has 0 nitrogen and oxygen atoms in total. The van der Waals surface area contributed by atoms with Crippen LogP contribution >= 0.6 is 0 Å². The van der Waals surface area contributed by atoms with E-state index >= 15 is 0 Å². The first-order chi connectivity index (χ1) is 14.1. The maximum atomic E-state index is 2.76. The molecule has 0 spiro atoms. The van der Waals surface area contributed by atoms with Crippen LogP contribution in [0.5, 0.6) is 0 Å². The van der Waals surface area contributed by atoms with Crippen LogP contribution in [0.1, 0.15) is 87.8 Å². The summed E-state index contributed by atoms with van der Waals surface area (Å²) in [5.74, 6) is 3.37. The van der Waals surface area contributed by atoms with Crippen LogP contribution in [0.15, 0.2) is 48.6 Å². The van der Waals surface area contributed by atoms with Gasteiger partial charge in [0.05, 0.1) is 8.07 Å². The number of fused-ring (bicyclic) bond motifs is 2. The SMILES string of the molecule is CCCCC1CC([Si](C)(C)C2CC(CCCC)C3C=CC=CC32)c2ccccc21. The third kappa shape index (κ3) is 3.97. The van der Waals surface area contributed by atoms with Crippen molar-refractivity contribution in [1.82, 2.24) is 0 Å². The zero-order valence-corrected chi connectivity index (χ0v) is 20.2. The fraction of sp³-hybridized carbons (Fsp3) is 0.643. The van der Waals surface area contributed by atoms with Gasteiger partial charge in [-0.25, -0.2) is 0 Å². The zero-order chi connectivity index (χ0) is 20.4. The number of benzene rings is 1. The molecule has 0 saturated heterocycles. The topological polar surface area (TPSA) is 0 Å². The van der Waals surface area contributed by atoms with Crippen LogP contribution in [0.4, 0.5) is 0 Å². The highest BCUT2D eigenvalue weighted by atomic mass is 28.3. The molecule has 0 N–H and O–H groups in total. The second-order valence-corrected chi connectivity index (χ2v) is 15.8. The van der Waals surface area contributed by atoms with Crippen LogP contribution in [0, 0.1) is 17.8 Å². The van der Waals surface area contributed by atoms with Gasteiger partial charge in [-0.05, 0) is 71.6 Å². The molecule has 1 saturated carbocycles. The summed E-state index contributed by atoms with van der Waals surface area (Å²) in [5, 5.41) is 0. The molecule has 3 aliphatic carbocycles. The van der Waals surface area contributed by atoms with Gasteiger partial charge in [0.2, 0.25) is 0 Å². The van der Waals surface area contributed by atoms with E-state index in [-0.39, 0.29) is 0 Å². The van der Waals surface area contributed by atoms with E-state index in [1.165, 1.54) is 51.4 Å². The first-order valence-electron chi connectivity index (χ1n) is 12.5. The molecule has 4 rings (SSSR count). The van der Waals surface area contributed by atoms with Crippen molar-refractivity contribution in [1.29, 1.82) is 0 Å². The minimum absolute atomic E-state index is 0.811. The lowest BCUT2D eigenvalue weighted by molar-refractivity contribution is 0.383. The fourth-order valence-corrected chi connectivity index (χ4v) is 11.9. The van der Waals surface area contributed by atoms with Crippen molar-refractivity contribution < 1.29 is 0 Å². The highest BCUT2D eigenvalue weighted by Gasteiger charge is 2.52. The average molecular weight is 407 g/mol. The van der Waals surface area contributed by atoms with Crippen LogP contribution in [0.2, 0.25) is 18.6 Å². The third-order valence-corrected chi connectivity index (χ3v) is 13.7. The molecular formula is C28H42Si. The Morgan fingerprint density at radius 1 is 0.828 bits per heavy atom. The Hall–Kier alpha value is -1.08. The molecule has 0 amide bonds. The van der Waals surface area contributed by atoms with Crippen LogP contribution in [0.3, 0.4) is 0 Å². The van der Waals surface area contributed by atoms with Crippen LogP contribution < -0.4 is 0 Å². The predicted octanol–water partition coefficient (Wildman–Crippen LogP) is 8.63. The first kappa shape index (κ1) is 21.2. The van der Waals surface area contributed by atoms with E-state index in [2.05, 4.69) is 75.5 Å². The Kier molecular flexibility index (Phi) is 6.54. The summed E-state index contributed by atoms with van der Waals surface area (Å²) in [7, 11) is -1.44. The maximum absolute atomic E-state index is 2.76. The van der Waals surface area contributed by atoms with Crippen molar-refractivity contribution in [3.8, 4) is 0 Å². The van der Waals surface area contributed by atoms with Gasteiger partial charge in [0, 0.05) is 0 Å². The molecule has 1 aromatic rings. The summed E-state index contributed by atoms with van der Waals surface area (Å²) in [4.78, 5) is 0. The summed E-state index contributed by atoms with van der Waals surface area (Å²) >= 11 is 0. The number of unbranched alkanes of at least 4 members (excludes halogenated alkanes) is 2. The Bertz CT molecular complexity index is 742. The van der Waals surface area contributed by atoms with Crippen LogP contribution in [0.25, 0.3) is 0 Å². The van der Waals surface area contributed by atoms with E-state index in [0.717, 1.165) is 34.8 Å². The molecule has 29 heavy (non-hydrogen) atoms. The van der Waals surface area contributed by atoms with Gasteiger partial charge in [0.1, 0.15) is 0 Å². The molecule has 0 radical (unpaired) electrons. The monoisotopic (exact) mass is 406 g/mol. The summed E-state index contributed by atoms with van der Waals surface area (Å²) in [5.41, 5.74) is 5.26. The lowest BCUT2D eigenvalue weighted by Gasteiger charge is -2.40. The third-order valence-electron chi connectivity index (χ3n) is 8.81. The lowest BCUT2D eigenvalue weighted by Crippen LogP contribution is -2.41. The molecule has 158 valence electrons. The molecule has 0 bridgehead atoms. The molecule has 1 fully saturated rings. The number of hydrogen-bond acceptors (Lipinski definition) is 0. The molecule has 6 unspecified atom stereocenters. The minimum atomic E-state index is -1.44. The molecule has 3 aliphatic rings. The largest absolute Gasteiger partial charge is 0.0808 e. The summed E-state index contributed by atoms with van der Waals surface area (Å²) in [6.07, 6.45) is 21.1. The van der Waals surface area contributed by atoms with E-state index in [1.807, 2.05) is 0 Å². The maximum Gasteiger partial charge on any atom is 0.0589 e. The van der Waals surface area contributed by atoms with Crippen molar-refractivity contribution >= 4 is 8.07 Å². The quantitative estimate of drug-likeness (QED) is 0.379. The normalized spacial score (nSPS) is 33.1. The Morgan fingerprint density at radius 2 is 1.48 bits per heavy atom. The Morgan fingerprint density at radius 3 is 2.21 bits per heavy atom. The van der Waals surface area contributed by atoms with Gasteiger partial charge in [-0.1, -0.05) is 101 Å². The van der Waals surface area contributed by atoms with Gasteiger partial charge >= 0.3 is 0 Å². The van der Waals surface area contributed by atoms with Crippen molar-refractivity contribution in [2.24, 2.45) is 17.8 Å². The molecule has 1 aromatic carbocycles. The van der Waals surface area contributed by atoms with Crippen LogP contribution in [-0.4, -0.2) is 8.07 Å². The standard InChI is InChI=1S/C28H42Si/c1-5-7-13-21-19-27(25-17-11-9-15-23(21)25)29(3,4)28-20-22(14-8-6-2)24-16-10-12-18-26(24)28/h9-12,15-18,21-23,25,27-28H,5-8,13-14,19-20H2,1-4H3. The second-order valence-electron chi connectivity index (χ2n) is 10.7. The first-order valence-corrected chi connectivity index (χ1v) is 15.7. The van der Waals surface area contributed by atoms with Gasteiger partial charge in [0.15, 0.2) is 0 Å². The molecule has 0 aromatic heterocycles. The van der Waals surface area contributed by atoms with E-state index in [4.69, 9.17) is 0 Å². The predicted molar refractivity (Wildman–Crippen MR) is 130 cm³/mol. The summed E-state index contributed by atoms with van der Waals surface area (Å²) < 4.78 is 0. The zero-order valence-electron chi connectivity index (χ0n) is 19.2. The number of hydrogen-bond donors (Lipinski definition) is 0. The van der Waals surface area contributed by atoms with Crippen molar-refractivity contribution in [3.05, 3.63) is 59.7 Å². The van der Waals surface area contributed by atoms with E-state index in [0.29, 0.717) is 0 Å². The number of allylic oxidation sites excluding steroid dienone is 4. The molecule has 0 heterocycles. The fourth-order valence-electron chi connectivity index (χ4n) is 7.16. The van der Waals surface area contributed by atoms with Gasteiger partial charge < -0.3 is 0 Å². The van der Waals surface area contributed by atoms with Crippen LogP contribution in [-0.2, 0) is 0 Å². The number of rotatable bonds is 8. The molecule has 0 aliphatic heterocycles.